The fourth-order valence-electron chi connectivity index (χ4n) is 4.05. The van der Waals surface area contributed by atoms with E-state index in [2.05, 4.69) is 43.7 Å². The third-order valence-corrected chi connectivity index (χ3v) is 5.81. The first-order chi connectivity index (χ1) is 15.1. The average Bonchev–Trinajstić information content (AvgIpc) is 2.74. The van der Waals surface area contributed by atoms with E-state index in [1.807, 2.05) is 13.0 Å². The molecule has 0 radical (unpaired) electrons. The van der Waals surface area contributed by atoms with Crippen LogP contribution in [0, 0.1) is 5.92 Å². The van der Waals surface area contributed by atoms with Crippen LogP contribution in [0.15, 0.2) is 30.3 Å². The third-order valence-electron chi connectivity index (χ3n) is 5.81. The average molecular weight is 426 g/mol. The number of amides is 1. The number of carbonyl (C=O) groups is 1. The SMILES string of the molecule is CCOc1nc(CC2CNC2)cc(C(=O)NC[C@H](O)CN2CCc3ccccc3C2)n1. The summed E-state index contributed by atoms with van der Waals surface area (Å²) in [4.78, 5) is 23.6. The smallest absolute Gasteiger partial charge is 0.317 e. The zero-order valence-corrected chi connectivity index (χ0v) is 18.0. The minimum atomic E-state index is -0.650. The number of rotatable bonds is 9. The molecule has 0 bridgehead atoms. The van der Waals surface area contributed by atoms with Crippen LogP contribution in [0.1, 0.15) is 34.2 Å². The quantitative estimate of drug-likeness (QED) is 0.546. The molecular formula is C23H31N5O3. The lowest BCUT2D eigenvalue weighted by atomic mass is 9.97. The van der Waals surface area contributed by atoms with Gasteiger partial charge in [0.05, 0.1) is 12.7 Å². The van der Waals surface area contributed by atoms with Gasteiger partial charge >= 0.3 is 6.01 Å². The Hall–Kier alpha value is -2.55. The molecular weight excluding hydrogens is 394 g/mol. The predicted octanol–water partition coefficient (Wildman–Crippen LogP) is 0.786. The standard InChI is InChI=1S/C23H31N5O3/c1-2-31-23-26-19(9-16-11-24-12-16)10-21(27-23)22(30)25-13-20(29)15-28-8-7-17-5-3-4-6-18(17)14-28/h3-6,10,16,20,24,29H,2,7-9,11-15H2,1H3,(H,25,30)/t20-/m0/s1. The van der Waals surface area contributed by atoms with E-state index >= 15 is 0 Å². The normalized spacial score (nSPS) is 17.5. The first kappa shape index (κ1) is 21.7. The molecule has 8 nitrogen and oxygen atoms in total. The van der Waals surface area contributed by atoms with E-state index in [0.29, 0.717) is 19.1 Å². The predicted molar refractivity (Wildman–Crippen MR) is 117 cm³/mol. The number of hydrogen-bond donors (Lipinski definition) is 3. The summed E-state index contributed by atoms with van der Waals surface area (Å²) < 4.78 is 5.45. The lowest BCUT2D eigenvalue weighted by molar-refractivity contribution is 0.0837. The minimum absolute atomic E-state index is 0.173. The number of nitrogens with zero attached hydrogens (tertiary/aromatic N) is 3. The Morgan fingerprint density at radius 1 is 1.32 bits per heavy atom. The van der Waals surface area contributed by atoms with Crippen molar-refractivity contribution in [3.8, 4) is 6.01 Å². The van der Waals surface area contributed by atoms with Gasteiger partial charge < -0.3 is 20.5 Å². The number of carbonyl (C=O) groups excluding carboxylic acids is 1. The van der Waals surface area contributed by atoms with Gasteiger partial charge in [-0.2, -0.15) is 4.98 Å². The molecule has 4 rings (SSSR count). The van der Waals surface area contributed by atoms with Gasteiger partial charge in [-0.15, -0.1) is 0 Å². The van der Waals surface area contributed by atoms with E-state index in [0.717, 1.165) is 44.7 Å². The summed E-state index contributed by atoms with van der Waals surface area (Å²) in [6, 6.07) is 10.4. The van der Waals surface area contributed by atoms with Crippen molar-refractivity contribution in [2.75, 3.05) is 39.3 Å². The summed E-state index contributed by atoms with van der Waals surface area (Å²) in [5, 5.41) is 16.5. The molecule has 1 aromatic carbocycles. The number of aliphatic hydroxyl groups excluding tert-OH is 1. The van der Waals surface area contributed by atoms with Crippen LogP contribution in [0.2, 0.25) is 0 Å². The summed E-state index contributed by atoms with van der Waals surface area (Å²) in [6.07, 6.45) is 1.12. The summed E-state index contributed by atoms with van der Waals surface area (Å²) in [7, 11) is 0. The van der Waals surface area contributed by atoms with Crippen LogP contribution in [0.5, 0.6) is 6.01 Å². The van der Waals surface area contributed by atoms with Crippen LogP contribution in [0.25, 0.3) is 0 Å². The van der Waals surface area contributed by atoms with E-state index in [-0.39, 0.29) is 24.2 Å². The highest BCUT2D eigenvalue weighted by atomic mass is 16.5. The molecule has 1 atom stereocenters. The van der Waals surface area contributed by atoms with Gasteiger partial charge in [0.25, 0.3) is 5.91 Å². The van der Waals surface area contributed by atoms with Crippen LogP contribution in [-0.2, 0) is 19.4 Å². The van der Waals surface area contributed by atoms with Crippen molar-refractivity contribution in [1.82, 2.24) is 25.5 Å². The molecule has 31 heavy (non-hydrogen) atoms. The zero-order valence-electron chi connectivity index (χ0n) is 18.0. The molecule has 3 heterocycles. The molecule has 0 spiro atoms. The number of ether oxygens (including phenoxy) is 1. The molecule has 0 saturated carbocycles. The van der Waals surface area contributed by atoms with E-state index in [4.69, 9.17) is 4.74 Å². The first-order valence-corrected chi connectivity index (χ1v) is 11.1. The van der Waals surface area contributed by atoms with Crippen LogP contribution >= 0.6 is 0 Å². The van der Waals surface area contributed by atoms with Crippen molar-refractivity contribution >= 4 is 5.91 Å². The van der Waals surface area contributed by atoms with E-state index in [1.54, 1.807) is 6.07 Å². The number of β-amino-alcohol motifs (C(OH)–C–C–N with tert-alkyl or cyclic N) is 1. The lowest BCUT2D eigenvalue weighted by Gasteiger charge is -2.30. The maximum absolute atomic E-state index is 12.7. The molecule has 1 saturated heterocycles. The van der Waals surface area contributed by atoms with Gasteiger partial charge in [-0.3, -0.25) is 9.69 Å². The Bertz CT molecular complexity index is 903. The number of benzene rings is 1. The highest BCUT2D eigenvalue weighted by Crippen LogP contribution is 2.18. The number of nitrogens with one attached hydrogen (secondary N) is 2. The van der Waals surface area contributed by atoms with E-state index in [9.17, 15) is 9.90 Å². The molecule has 3 N–H and O–H groups in total. The second-order valence-corrected chi connectivity index (χ2v) is 8.31. The maximum Gasteiger partial charge on any atom is 0.317 e. The van der Waals surface area contributed by atoms with Crippen molar-refractivity contribution in [1.29, 1.82) is 0 Å². The van der Waals surface area contributed by atoms with Gasteiger partial charge in [0.1, 0.15) is 5.69 Å². The second kappa shape index (κ2) is 10.2. The van der Waals surface area contributed by atoms with Crippen molar-refractivity contribution in [3.05, 3.63) is 52.8 Å². The first-order valence-electron chi connectivity index (χ1n) is 11.1. The maximum atomic E-state index is 12.7. The molecule has 1 amide bonds. The molecule has 0 aliphatic carbocycles. The molecule has 1 aromatic heterocycles. The number of aromatic nitrogens is 2. The minimum Gasteiger partial charge on any atom is -0.464 e. The third kappa shape index (κ3) is 5.78. The van der Waals surface area contributed by atoms with Crippen molar-refractivity contribution < 1.29 is 14.6 Å². The van der Waals surface area contributed by atoms with Crippen molar-refractivity contribution in [3.63, 3.8) is 0 Å². The largest absolute Gasteiger partial charge is 0.464 e. The molecule has 2 aliphatic heterocycles. The number of fused-ring (bicyclic) bond motifs is 1. The Balaban J connectivity index is 1.31. The van der Waals surface area contributed by atoms with E-state index in [1.165, 1.54) is 11.1 Å². The Morgan fingerprint density at radius 3 is 2.87 bits per heavy atom. The summed E-state index contributed by atoms with van der Waals surface area (Å²) >= 11 is 0. The topological polar surface area (TPSA) is 99.6 Å². The highest BCUT2D eigenvalue weighted by Gasteiger charge is 2.22. The Kier molecular flexibility index (Phi) is 7.11. The van der Waals surface area contributed by atoms with Gasteiger partial charge in [0, 0.05) is 31.9 Å². The van der Waals surface area contributed by atoms with E-state index < -0.39 is 6.10 Å². The van der Waals surface area contributed by atoms with Gasteiger partial charge in [-0.1, -0.05) is 24.3 Å². The molecule has 2 aliphatic rings. The molecule has 166 valence electrons. The Morgan fingerprint density at radius 2 is 2.13 bits per heavy atom. The van der Waals surface area contributed by atoms with Crippen molar-refractivity contribution in [2.45, 2.75) is 32.4 Å². The zero-order chi connectivity index (χ0) is 21.6. The van der Waals surface area contributed by atoms with Crippen LogP contribution in [0.3, 0.4) is 0 Å². The summed E-state index contributed by atoms with van der Waals surface area (Å²) in [6.45, 7) is 6.64. The second-order valence-electron chi connectivity index (χ2n) is 8.31. The summed E-state index contributed by atoms with van der Waals surface area (Å²) in [5.41, 5.74) is 3.77. The highest BCUT2D eigenvalue weighted by molar-refractivity contribution is 5.92. The number of hydrogen-bond acceptors (Lipinski definition) is 7. The van der Waals surface area contributed by atoms with Gasteiger partial charge in [-0.25, -0.2) is 4.98 Å². The molecule has 0 unspecified atom stereocenters. The van der Waals surface area contributed by atoms with Gasteiger partial charge in [-0.05, 0) is 56.0 Å². The van der Waals surface area contributed by atoms with Gasteiger partial charge in [0.2, 0.25) is 0 Å². The fraction of sp³-hybridized carbons (Fsp3) is 0.522. The van der Waals surface area contributed by atoms with Crippen LogP contribution in [-0.4, -0.2) is 71.3 Å². The van der Waals surface area contributed by atoms with Crippen LogP contribution < -0.4 is 15.4 Å². The molecule has 8 heteroatoms. The molecule has 1 fully saturated rings. The van der Waals surface area contributed by atoms with Crippen molar-refractivity contribution in [2.24, 2.45) is 5.92 Å². The monoisotopic (exact) mass is 425 g/mol. The number of aliphatic hydroxyl groups is 1. The summed E-state index contributed by atoms with van der Waals surface area (Å²) in [5.74, 6) is 0.205. The lowest BCUT2D eigenvalue weighted by Crippen LogP contribution is -2.43. The fourth-order valence-corrected chi connectivity index (χ4v) is 4.05. The Labute approximate surface area is 183 Å². The van der Waals surface area contributed by atoms with Crippen LogP contribution in [0.4, 0.5) is 0 Å². The van der Waals surface area contributed by atoms with Gasteiger partial charge in [0.15, 0.2) is 0 Å². The molecule has 2 aromatic rings.